The number of anilines is 1. The Morgan fingerprint density at radius 3 is 2.75 bits per heavy atom. The van der Waals surface area contributed by atoms with Gasteiger partial charge >= 0.3 is 0 Å². The molecule has 0 bridgehead atoms. The van der Waals surface area contributed by atoms with Crippen molar-refractivity contribution in [2.75, 3.05) is 5.73 Å². The minimum absolute atomic E-state index is 0.00713. The van der Waals surface area contributed by atoms with Crippen molar-refractivity contribution in [1.82, 2.24) is 10.2 Å². The molecule has 1 aromatic rings. The Kier molecular flexibility index (Phi) is 0.888. The number of nitrogens with two attached hydrogens (primary N) is 1. The third-order valence-corrected chi connectivity index (χ3v) is 3.19. The van der Waals surface area contributed by atoms with Crippen LogP contribution >= 0.6 is 0 Å². The number of nitrogens with one attached hydrogen (secondary N) is 1. The zero-order valence-electron chi connectivity index (χ0n) is 6.60. The van der Waals surface area contributed by atoms with E-state index in [0.29, 0.717) is 17.0 Å². The Morgan fingerprint density at radius 1 is 1.58 bits per heavy atom. The van der Waals surface area contributed by atoms with E-state index >= 15 is 0 Å². The highest BCUT2D eigenvalue weighted by atomic mass is 19.1. The molecule has 4 heteroatoms. The van der Waals surface area contributed by atoms with Gasteiger partial charge in [0.2, 0.25) is 0 Å². The molecule has 0 aliphatic heterocycles. The first-order valence-corrected chi connectivity index (χ1v) is 4.22. The van der Waals surface area contributed by atoms with Gasteiger partial charge in [-0.3, -0.25) is 5.10 Å². The average molecular weight is 167 g/mol. The van der Waals surface area contributed by atoms with Gasteiger partial charge in [-0.25, -0.2) is 4.39 Å². The zero-order chi connectivity index (χ0) is 8.34. The summed E-state index contributed by atoms with van der Waals surface area (Å²) in [5.41, 5.74) is 6.39. The molecule has 1 aromatic heterocycles. The summed E-state index contributed by atoms with van der Waals surface area (Å²) in [5.74, 6) is 0.0544. The van der Waals surface area contributed by atoms with Gasteiger partial charge in [-0.05, 0) is 24.7 Å². The highest BCUT2D eigenvalue weighted by Crippen LogP contribution is 2.74. The molecule has 2 saturated carbocycles. The van der Waals surface area contributed by atoms with Gasteiger partial charge in [-0.1, -0.05) is 0 Å². The number of aromatic amines is 1. The molecule has 1 heterocycles. The van der Waals surface area contributed by atoms with Crippen molar-refractivity contribution in [1.29, 1.82) is 0 Å². The molecule has 3 rings (SSSR count). The molecule has 0 radical (unpaired) electrons. The van der Waals surface area contributed by atoms with Crippen molar-refractivity contribution in [3.63, 3.8) is 0 Å². The van der Waals surface area contributed by atoms with Gasteiger partial charge in [0, 0.05) is 5.92 Å². The Balaban J connectivity index is 1.97. The topological polar surface area (TPSA) is 54.7 Å². The van der Waals surface area contributed by atoms with E-state index in [1.54, 1.807) is 0 Å². The maximum atomic E-state index is 13.2. The molecule has 1 spiro atoms. The molecule has 0 saturated heterocycles. The number of halogens is 1. The number of hydrogen-bond donors (Lipinski definition) is 2. The van der Waals surface area contributed by atoms with Gasteiger partial charge in [0.05, 0.1) is 5.69 Å². The lowest BCUT2D eigenvalue weighted by molar-refractivity contribution is 0.608. The summed E-state index contributed by atoms with van der Waals surface area (Å²) in [4.78, 5) is 0. The van der Waals surface area contributed by atoms with Gasteiger partial charge in [-0.2, -0.15) is 5.10 Å². The second kappa shape index (κ2) is 1.65. The van der Waals surface area contributed by atoms with Crippen molar-refractivity contribution in [2.24, 2.45) is 5.41 Å². The van der Waals surface area contributed by atoms with Gasteiger partial charge < -0.3 is 5.73 Å². The molecule has 12 heavy (non-hydrogen) atoms. The summed E-state index contributed by atoms with van der Waals surface area (Å²) < 4.78 is 13.2. The Bertz CT molecular complexity index is 340. The van der Waals surface area contributed by atoms with Crippen LogP contribution in [0.3, 0.4) is 0 Å². The second-order valence-electron chi connectivity index (χ2n) is 3.96. The van der Waals surface area contributed by atoms with Crippen LogP contribution in [0.15, 0.2) is 0 Å². The number of nitrogen functional groups attached to an aromatic ring is 1. The number of H-pyrrole nitrogens is 1. The molecule has 2 aliphatic rings. The summed E-state index contributed by atoms with van der Waals surface area (Å²) in [6.45, 7) is 0. The van der Waals surface area contributed by atoms with E-state index in [2.05, 4.69) is 10.2 Å². The predicted octanol–water partition coefficient (Wildman–Crippen LogP) is 1.40. The molecule has 2 aliphatic carbocycles. The van der Waals surface area contributed by atoms with Crippen LogP contribution in [0.5, 0.6) is 0 Å². The standard InChI is InChI=1S/C8H10FN3/c9-5-6(11-12-7(5)10)4-3-8(4)1-2-8/h4H,1-3H2,(H3,10,11,12). The number of aromatic nitrogens is 2. The largest absolute Gasteiger partial charge is 0.380 e. The lowest BCUT2D eigenvalue weighted by atomic mass is 10.2. The monoisotopic (exact) mass is 167 g/mol. The van der Waals surface area contributed by atoms with E-state index in [4.69, 9.17) is 5.73 Å². The molecule has 1 unspecified atom stereocenters. The number of hydrogen-bond acceptors (Lipinski definition) is 2. The third-order valence-electron chi connectivity index (χ3n) is 3.19. The Hall–Kier alpha value is -1.06. The molecule has 0 aromatic carbocycles. The molecular formula is C8H10FN3. The SMILES string of the molecule is Nc1n[nH]c(C2CC23CC3)c1F. The van der Waals surface area contributed by atoms with E-state index in [0.717, 1.165) is 6.42 Å². The van der Waals surface area contributed by atoms with Crippen molar-refractivity contribution >= 4 is 5.82 Å². The number of rotatable bonds is 1. The molecule has 0 amide bonds. The quantitative estimate of drug-likeness (QED) is 0.664. The molecule has 64 valence electrons. The summed E-state index contributed by atoms with van der Waals surface area (Å²) in [6, 6.07) is 0. The van der Waals surface area contributed by atoms with E-state index in [1.807, 2.05) is 0 Å². The number of nitrogens with zero attached hydrogens (tertiary/aromatic N) is 1. The van der Waals surface area contributed by atoms with Gasteiger partial charge in [0.1, 0.15) is 0 Å². The highest BCUT2D eigenvalue weighted by Gasteiger charge is 2.64. The average Bonchev–Trinajstić information content (AvgIpc) is 2.93. The van der Waals surface area contributed by atoms with Crippen LogP contribution in [0.1, 0.15) is 30.9 Å². The Morgan fingerprint density at radius 2 is 2.33 bits per heavy atom. The lowest BCUT2D eigenvalue weighted by Crippen LogP contribution is -1.89. The van der Waals surface area contributed by atoms with Crippen molar-refractivity contribution in [2.45, 2.75) is 25.2 Å². The highest BCUT2D eigenvalue weighted by molar-refractivity contribution is 5.38. The summed E-state index contributed by atoms with van der Waals surface area (Å²) in [7, 11) is 0. The molecule has 3 N–H and O–H groups in total. The van der Waals surface area contributed by atoms with Gasteiger partial charge in [0.15, 0.2) is 11.6 Å². The second-order valence-corrected chi connectivity index (χ2v) is 3.96. The molecule has 2 fully saturated rings. The zero-order valence-corrected chi connectivity index (χ0v) is 6.60. The molecule has 1 atom stereocenters. The van der Waals surface area contributed by atoms with E-state index < -0.39 is 0 Å². The normalized spacial score (nSPS) is 29.2. The Labute approximate surface area is 69.1 Å². The van der Waals surface area contributed by atoms with Gasteiger partial charge in [-0.15, -0.1) is 0 Å². The van der Waals surface area contributed by atoms with Crippen LogP contribution in [0.2, 0.25) is 0 Å². The predicted molar refractivity (Wildman–Crippen MR) is 42.0 cm³/mol. The fourth-order valence-electron chi connectivity index (χ4n) is 2.06. The smallest absolute Gasteiger partial charge is 0.188 e. The lowest BCUT2D eigenvalue weighted by Gasteiger charge is -1.91. The van der Waals surface area contributed by atoms with Crippen LogP contribution in [-0.2, 0) is 0 Å². The van der Waals surface area contributed by atoms with E-state index in [9.17, 15) is 4.39 Å². The molecule has 3 nitrogen and oxygen atoms in total. The third kappa shape index (κ3) is 0.629. The van der Waals surface area contributed by atoms with Crippen LogP contribution in [0.4, 0.5) is 10.2 Å². The van der Waals surface area contributed by atoms with E-state index in [-0.39, 0.29) is 11.6 Å². The summed E-state index contributed by atoms with van der Waals surface area (Å²) in [6.07, 6.45) is 3.61. The fraction of sp³-hybridized carbons (Fsp3) is 0.625. The maximum Gasteiger partial charge on any atom is 0.188 e. The van der Waals surface area contributed by atoms with Crippen molar-refractivity contribution in [3.05, 3.63) is 11.5 Å². The van der Waals surface area contributed by atoms with Crippen molar-refractivity contribution < 1.29 is 4.39 Å². The minimum atomic E-state index is -0.330. The maximum absolute atomic E-state index is 13.2. The van der Waals surface area contributed by atoms with Crippen LogP contribution in [0.25, 0.3) is 0 Å². The fourth-order valence-corrected chi connectivity index (χ4v) is 2.06. The first-order valence-electron chi connectivity index (χ1n) is 4.22. The van der Waals surface area contributed by atoms with Crippen LogP contribution in [0, 0.1) is 11.2 Å². The van der Waals surface area contributed by atoms with Crippen LogP contribution < -0.4 is 5.73 Å². The first-order chi connectivity index (χ1) is 5.73. The first kappa shape index (κ1) is 6.46. The van der Waals surface area contributed by atoms with Gasteiger partial charge in [0.25, 0.3) is 0 Å². The summed E-state index contributed by atoms with van der Waals surface area (Å²) >= 11 is 0. The van der Waals surface area contributed by atoms with Crippen LogP contribution in [-0.4, -0.2) is 10.2 Å². The summed E-state index contributed by atoms with van der Waals surface area (Å²) in [5, 5.41) is 6.33. The molecular weight excluding hydrogens is 157 g/mol. The minimum Gasteiger partial charge on any atom is -0.380 e. The van der Waals surface area contributed by atoms with E-state index in [1.165, 1.54) is 12.8 Å². The van der Waals surface area contributed by atoms with Crippen molar-refractivity contribution in [3.8, 4) is 0 Å².